The molecule has 0 saturated carbocycles. The summed E-state index contributed by atoms with van der Waals surface area (Å²) in [6.45, 7) is 4.48. The highest BCUT2D eigenvalue weighted by molar-refractivity contribution is 5.93. The van der Waals surface area contributed by atoms with Gasteiger partial charge in [0.25, 0.3) is 0 Å². The van der Waals surface area contributed by atoms with Crippen LogP contribution in [0.2, 0.25) is 0 Å². The third kappa shape index (κ3) is 3.05. The smallest absolute Gasteiger partial charge is 0.328 e. The van der Waals surface area contributed by atoms with Gasteiger partial charge in [0.1, 0.15) is 5.60 Å². The average molecular weight is 280 g/mol. The molecule has 20 heavy (non-hydrogen) atoms. The van der Waals surface area contributed by atoms with Crippen LogP contribution in [0.25, 0.3) is 0 Å². The molecule has 0 aromatic rings. The van der Waals surface area contributed by atoms with Gasteiger partial charge in [0.15, 0.2) is 5.78 Å². The maximum absolute atomic E-state index is 11.6. The molecule has 1 aliphatic carbocycles. The van der Waals surface area contributed by atoms with E-state index < -0.39 is 17.0 Å². The second-order valence-electron chi connectivity index (χ2n) is 5.52. The fourth-order valence-electron chi connectivity index (χ4n) is 2.40. The monoisotopic (exact) mass is 280 g/mol. The van der Waals surface area contributed by atoms with E-state index in [-0.39, 0.29) is 18.8 Å². The summed E-state index contributed by atoms with van der Waals surface area (Å²) in [4.78, 5) is 22.2. The third-order valence-corrected chi connectivity index (χ3v) is 3.75. The van der Waals surface area contributed by atoms with Crippen LogP contribution in [0, 0.1) is 5.41 Å². The lowest BCUT2D eigenvalue weighted by atomic mass is 9.64. The molecule has 0 radical (unpaired) electrons. The van der Waals surface area contributed by atoms with Gasteiger partial charge in [0, 0.05) is 17.9 Å². The summed E-state index contributed by atoms with van der Waals surface area (Å²) in [5.74, 6) is -1.22. The van der Waals surface area contributed by atoms with Gasteiger partial charge in [-0.05, 0) is 37.1 Å². The lowest BCUT2D eigenvalue weighted by Gasteiger charge is -2.45. The number of carbonyl (C=O) groups excluding carboxylic acids is 1. The molecule has 0 aromatic heterocycles. The molecule has 0 spiro atoms. The standard InChI is InChI=1S/C15H20O5/c1-10(6-13(18)19)4-5-15(20)11(2)7-12(17)8-14(15,3)9-16/h4-7,16,20H,8-9H2,1-3H3,(H,18,19)/b5-4+,10-6-/t14?,15-/m1/s1. The summed E-state index contributed by atoms with van der Waals surface area (Å²) in [6, 6.07) is 0. The Labute approximate surface area is 117 Å². The summed E-state index contributed by atoms with van der Waals surface area (Å²) < 4.78 is 0. The molecule has 5 nitrogen and oxygen atoms in total. The van der Waals surface area contributed by atoms with Crippen LogP contribution in [0.1, 0.15) is 27.2 Å². The molecule has 0 amide bonds. The number of aliphatic hydroxyl groups is 2. The number of hydrogen-bond acceptors (Lipinski definition) is 4. The largest absolute Gasteiger partial charge is 0.478 e. The van der Waals surface area contributed by atoms with E-state index in [1.807, 2.05) is 0 Å². The van der Waals surface area contributed by atoms with Crippen molar-refractivity contribution in [3.8, 4) is 0 Å². The van der Waals surface area contributed by atoms with Crippen LogP contribution in [-0.4, -0.2) is 39.3 Å². The fourth-order valence-corrected chi connectivity index (χ4v) is 2.40. The van der Waals surface area contributed by atoms with Crippen LogP contribution in [0.5, 0.6) is 0 Å². The number of carboxylic acids is 1. The number of aliphatic hydroxyl groups excluding tert-OH is 1. The molecule has 110 valence electrons. The highest BCUT2D eigenvalue weighted by atomic mass is 16.4. The molecule has 2 atom stereocenters. The number of hydrogen-bond donors (Lipinski definition) is 3. The Kier molecular flexibility index (Phi) is 4.68. The van der Waals surface area contributed by atoms with E-state index in [0.29, 0.717) is 11.1 Å². The van der Waals surface area contributed by atoms with E-state index in [4.69, 9.17) is 5.11 Å². The van der Waals surface area contributed by atoms with Crippen LogP contribution < -0.4 is 0 Å². The number of carbonyl (C=O) groups is 2. The molecule has 1 rings (SSSR count). The predicted octanol–water partition coefficient (Wildman–Crippen LogP) is 1.22. The minimum absolute atomic E-state index is 0.0311. The second kappa shape index (κ2) is 5.73. The maximum atomic E-state index is 11.6. The van der Waals surface area contributed by atoms with E-state index >= 15 is 0 Å². The van der Waals surface area contributed by atoms with E-state index in [0.717, 1.165) is 6.08 Å². The lowest BCUT2D eigenvalue weighted by molar-refractivity contribution is -0.131. The molecule has 0 bridgehead atoms. The quantitative estimate of drug-likeness (QED) is 0.531. The van der Waals surface area contributed by atoms with Crippen LogP contribution in [-0.2, 0) is 9.59 Å². The second-order valence-corrected chi connectivity index (χ2v) is 5.52. The zero-order chi connectivity index (χ0) is 15.6. The summed E-state index contributed by atoms with van der Waals surface area (Å²) in [5.41, 5.74) is -1.62. The van der Waals surface area contributed by atoms with Gasteiger partial charge in [-0.15, -0.1) is 0 Å². The molecular weight excluding hydrogens is 260 g/mol. The lowest BCUT2D eigenvalue weighted by Crippen LogP contribution is -2.52. The Bertz CT molecular complexity index is 514. The Morgan fingerprint density at radius 3 is 2.60 bits per heavy atom. The van der Waals surface area contributed by atoms with Gasteiger partial charge < -0.3 is 15.3 Å². The van der Waals surface area contributed by atoms with Crippen molar-refractivity contribution in [1.82, 2.24) is 0 Å². The van der Waals surface area contributed by atoms with Crippen molar-refractivity contribution >= 4 is 11.8 Å². The van der Waals surface area contributed by atoms with Crippen LogP contribution in [0.15, 0.2) is 35.5 Å². The first kappa shape index (κ1) is 16.3. The van der Waals surface area contributed by atoms with Gasteiger partial charge in [-0.25, -0.2) is 4.79 Å². The summed E-state index contributed by atoms with van der Waals surface area (Å²) in [5, 5.41) is 29.0. The molecule has 1 aliphatic rings. The SMILES string of the molecule is CC1=CC(=O)CC(C)(CO)[C@@]1(O)/C=C/C(C)=C\C(=O)O. The molecule has 0 fully saturated rings. The van der Waals surface area contributed by atoms with Crippen molar-refractivity contribution < 1.29 is 24.9 Å². The normalized spacial score (nSPS) is 31.6. The molecular formula is C15H20O5. The number of rotatable bonds is 4. The Morgan fingerprint density at radius 1 is 1.50 bits per heavy atom. The van der Waals surface area contributed by atoms with Crippen molar-refractivity contribution in [2.75, 3.05) is 6.61 Å². The van der Waals surface area contributed by atoms with E-state index in [1.165, 1.54) is 18.2 Å². The first-order chi connectivity index (χ1) is 9.14. The van der Waals surface area contributed by atoms with Gasteiger partial charge in [-0.3, -0.25) is 4.79 Å². The third-order valence-electron chi connectivity index (χ3n) is 3.75. The van der Waals surface area contributed by atoms with Gasteiger partial charge in [-0.1, -0.05) is 13.0 Å². The van der Waals surface area contributed by atoms with E-state index in [9.17, 15) is 19.8 Å². The Hall–Kier alpha value is -1.72. The first-order valence-corrected chi connectivity index (χ1v) is 6.30. The number of allylic oxidation sites excluding steroid dienone is 3. The fraction of sp³-hybridized carbons (Fsp3) is 0.467. The van der Waals surface area contributed by atoms with Crippen LogP contribution in [0.3, 0.4) is 0 Å². The predicted molar refractivity (Wildman–Crippen MR) is 74.1 cm³/mol. The van der Waals surface area contributed by atoms with Crippen molar-refractivity contribution in [2.24, 2.45) is 5.41 Å². The van der Waals surface area contributed by atoms with Crippen molar-refractivity contribution in [2.45, 2.75) is 32.8 Å². The van der Waals surface area contributed by atoms with Gasteiger partial charge in [0.2, 0.25) is 0 Å². The maximum Gasteiger partial charge on any atom is 0.328 e. The summed E-state index contributed by atoms with van der Waals surface area (Å²) >= 11 is 0. The van der Waals surface area contributed by atoms with E-state index in [1.54, 1.807) is 20.8 Å². The summed E-state index contributed by atoms with van der Waals surface area (Å²) in [6.07, 6.45) is 5.33. The van der Waals surface area contributed by atoms with Crippen LogP contribution in [0.4, 0.5) is 0 Å². The Morgan fingerprint density at radius 2 is 2.10 bits per heavy atom. The topological polar surface area (TPSA) is 94.8 Å². The van der Waals surface area contributed by atoms with Crippen molar-refractivity contribution in [1.29, 1.82) is 0 Å². The molecule has 0 aromatic carbocycles. The van der Waals surface area contributed by atoms with E-state index in [2.05, 4.69) is 0 Å². The number of ketones is 1. The minimum atomic E-state index is -1.48. The molecule has 0 aliphatic heterocycles. The Balaban J connectivity index is 3.22. The van der Waals surface area contributed by atoms with Crippen LogP contribution >= 0.6 is 0 Å². The molecule has 5 heteroatoms. The zero-order valence-corrected chi connectivity index (χ0v) is 11.9. The minimum Gasteiger partial charge on any atom is -0.478 e. The highest BCUT2D eigenvalue weighted by Crippen LogP contribution is 2.44. The number of carboxylic acid groups (broad SMARTS) is 1. The van der Waals surface area contributed by atoms with Gasteiger partial charge in [-0.2, -0.15) is 0 Å². The molecule has 0 saturated heterocycles. The average Bonchev–Trinajstić information content (AvgIpc) is 2.33. The summed E-state index contributed by atoms with van der Waals surface area (Å²) in [7, 11) is 0. The van der Waals surface area contributed by atoms with Crippen molar-refractivity contribution in [3.05, 3.63) is 35.5 Å². The highest BCUT2D eigenvalue weighted by Gasteiger charge is 2.49. The number of aliphatic carboxylic acids is 1. The van der Waals surface area contributed by atoms with Gasteiger partial charge >= 0.3 is 5.97 Å². The first-order valence-electron chi connectivity index (χ1n) is 6.30. The molecule has 3 N–H and O–H groups in total. The van der Waals surface area contributed by atoms with Gasteiger partial charge in [0.05, 0.1) is 6.61 Å². The molecule has 1 unspecified atom stereocenters. The zero-order valence-electron chi connectivity index (χ0n) is 11.9. The molecule has 0 heterocycles. The van der Waals surface area contributed by atoms with Crippen molar-refractivity contribution in [3.63, 3.8) is 0 Å².